The molecule has 0 aliphatic rings. The third-order valence-electron chi connectivity index (χ3n) is 7.35. The second-order valence-corrected chi connectivity index (χ2v) is 10.9. The summed E-state index contributed by atoms with van der Waals surface area (Å²) in [5.74, 6) is 1.88. The number of benzene rings is 4. The topological polar surface area (TPSA) is 55.4 Å². The molecule has 0 aliphatic heterocycles. The molecule has 0 spiro atoms. The molecule has 6 heteroatoms. The fourth-order valence-corrected chi connectivity index (χ4v) is 5.36. The minimum absolute atomic E-state index is 0. The normalized spacial score (nSPS) is 11.8. The number of imidazole rings is 2. The summed E-state index contributed by atoms with van der Waals surface area (Å²) < 4.78 is 4.31. The molecule has 200 valence electrons. The maximum absolute atomic E-state index is 10.7. The molecular weight excluding hydrogens is 675 g/mol. The van der Waals surface area contributed by atoms with E-state index in [-0.39, 0.29) is 32.2 Å². The molecule has 0 saturated heterocycles. The Labute approximate surface area is 247 Å². The summed E-state index contributed by atoms with van der Waals surface area (Å²) in [5.41, 5.74) is 8.70. The van der Waals surface area contributed by atoms with Gasteiger partial charge in [-0.15, -0.1) is 35.4 Å². The number of hydrogen-bond acceptors (Lipinski definition) is 3. The Morgan fingerprint density at radius 2 is 1.43 bits per heavy atom. The summed E-state index contributed by atoms with van der Waals surface area (Å²) >= 11 is 0. The number of para-hydroxylation sites is 3. The van der Waals surface area contributed by atoms with Gasteiger partial charge in [-0.25, -0.2) is 9.97 Å². The van der Waals surface area contributed by atoms with Gasteiger partial charge >= 0.3 is 0 Å². The van der Waals surface area contributed by atoms with Crippen molar-refractivity contribution in [3.63, 3.8) is 0 Å². The molecule has 0 fully saturated rings. The van der Waals surface area contributed by atoms with Gasteiger partial charge in [-0.3, -0.25) is 8.97 Å². The van der Waals surface area contributed by atoms with Crippen molar-refractivity contribution < 1.29 is 26.2 Å². The van der Waals surface area contributed by atoms with E-state index in [2.05, 4.69) is 89.3 Å². The zero-order chi connectivity index (χ0) is 26.7. The second kappa shape index (κ2) is 9.76. The average molecular weight is 703 g/mol. The van der Waals surface area contributed by atoms with Crippen molar-refractivity contribution in [1.29, 1.82) is 0 Å². The predicted octanol–water partition coefficient (Wildman–Crippen LogP) is 7.96. The third kappa shape index (κ3) is 4.13. The van der Waals surface area contributed by atoms with Gasteiger partial charge in [-0.05, 0) is 52.9 Å². The summed E-state index contributed by atoms with van der Waals surface area (Å²) in [4.78, 5) is 9.82. The summed E-state index contributed by atoms with van der Waals surface area (Å²) in [6.45, 7) is 6.52. The van der Waals surface area contributed by atoms with Crippen LogP contribution in [0.2, 0.25) is 0 Å². The summed E-state index contributed by atoms with van der Waals surface area (Å²) in [5, 5.41) is 10.7. The Bertz CT molecular complexity index is 2020. The second-order valence-electron chi connectivity index (χ2n) is 10.9. The first-order chi connectivity index (χ1) is 18.9. The van der Waals surface area contributed by atoms with Crippen molar-refractivity contribution in [2.45, 2.75) is 26.2 Å². The van der Waals surface area contributed by atoms with Gasteiger partial charge in [0.05, 0.1) is 27.8 Å². The number of phenolic OH excluding ortho intramolecular Hbond substituents is 1. The molecule has 0 aliphatic carbocycles. The van der Waals surface area contributed by atoms with Crippen molar-refractivity contribution in [2.75, 3.05) is 0 Å². The van der Waals surface area contributed by atoms with Gasteiger partial charge in [0, 0.05) is 27.3 Å². The quantitative estimate of drug-likeness (QED) is 0.190. The fourth-order valence-electron chi connectivity index (χ4n) is 5.36. The Balaban J connectivity index is 0.00000289. The molecule has 0 amide bonds. The minimum atomic E-state index is -0.0293. The maximum Gasteiger partial charge on any atom is 0.221 e. The molecule has 40 heavy (non-hydrogen) atoms. The standard InChI is InChI=1S/C34H27N4O.Pt/c1-34(2,3)24-17-18-30(39)26(21-24)23-11-8-10-22(20-23)25-12-9-15-29-32(25)36-33-37(29)27-13-4-5-14-28(27)38(33)31-16-6-7-19-35-31;/h4-19,21,39H,1-3H3;/q-1;. The Kier molecular flexibility index (Phi) is 6.35. The molecule has 3 heterocycles. The Hall–Kier alpha value is -4.21. The van der Waals surface area contributed by atoms with Gasteiger partial charge in [0.15, 0.2) is 0 Å². The molecule has 4 aromatic carbocycles. The first kappa shape index (κ1) is 26.0. The fraction of sp³-hybridized carbons (Fsp3) is 0.118. The Morgan fingerprint density at radius 3 is 2.17 bits per heavy atom. The number of hydrogen-bond donors (Lipinski definition) is 1. The zero-order valence-corrected chi connectivity index (χ0v) is 24.6. The number of aromatic hydroxyl groups is 1. The maximum atomic E-state index is 10.7. The van der Waals surface area contributed by atoms with Gasteiger partial charge in [0.2, 0.25) is 5.78 Å². The van der Waals surface area contributed by atoms with Crippen molar-refractivity contribution in [3.8, 4) is 33.8 Å². The van der Waals surface area contributed by atoms with Crippen LogP contribution in [0.1, 0.15) is 26.3 Å². The van der Waals surface area contributed by atoms with Crippen LogP contribution < -0.4 is 0 Å². The van der Waals surface area contributed by atoms with Crippen molar-refractivity contribution in [1.82, 2.24) is 18.9 Å². The largest absolute Gasteiger partial charge is 0.515 e. The van der Waals surface area contributed by atoms with Crippen LogP contribution in [0.15, 0.2) is 103 Å². The van der Waals surface area contributed by atoms with Crippen LogP contribution in [0.5, 0.6) is 5.75 Å². The van der Waals surface area contributed by atoms with Gasteiger partial charge in [0.1, 0.15) is 5.82 Å². The summed E-state index contributed by atoms with van der Waals surface area (Å²) in [6.07, 6.45) is 1.80. The minimum Gasteiger partial charge on any atom is -0.515 e. The smallest absolute Gasteiger partial charge is 0.221 e. The Morgan fingerprint density at radius 1 is 0.725 bits per heavy atom. The molecule has 5 nitrogen and oxygen atoms in total. The molecule has 3 aromatic heterocycles. The van der Waals surface area contributed by atoms with E-state index in [4.69, 9.17) is 4.98 Å². The van der Waals surface area contributed by atoms with E-state index in [9.17, 15) is 5.11 Å². The van der Waals surface area contributed by atoms with Crippen LogP contribution >= 0.6 is 0 Å². The average Bonchev–Trinajstić information content (AvgIpc) is 3.48. The third-order valence-corrected chi connectivity index (χ3v) is 7.35. The molecule has 7 rings (SSSR count). The predicted molar refractivity (Wildman–Crippen MR) is 157 cm³/mol. The molecular formula is C34H27N4OPt-. The first-order valence-corrected chi connectivity index (χ1v) is 13.1. The van der Waals surface area contributed by atoms with Crippen LogP contribution in [-0.4, -0.2) is 24.0 Å². The van der Waals surface area contributed by atoms with E-state index in [0.29, 0.717) is 0 Å². The number of phenols is 1. The van der Waals surface area contributed by atoms with Crippen LogP contribution in [0.3, 0.4) is 0 Å². The van der Waals surface area contributed by atoms with Gasteiger partial charge in [0.25, 0.3) is 0 Å². The number of nitrogens with zero attached hydrogens (tertiary/aromatic N) is 4. The van der Waals surface area contributed by atoms with Crippen LogP contribution in [0.4, 0.5) is 0 Å². The van der Waals surface area contributed by atoms with Crippen LogP contribution in [0, 0.1) is 6.07 Å². The molecule has 0 unspecified atom stereocenters. The molecule has 0 atom stereocenters. The van der Waals surface area contributed by atoms with E-state index >= 15 is 0 Å². The van der Waals surface area contributed by atoms with Crippen molar-refractivity contribution in [2.24, 2.45) is 0 Å². The van der Waals surface area contributed by atoms with E-state index in [1.54, 1.807) is 12.3 Å². The van der Waals surface area contributed by atoms with E-state index in [1.807, 2.05) is 42.5 Å². The van der Waals surface area contributed by atoms with Gasteiger partial charge < -0.3 is 5.11 Å². The molecule has 0 radical (unpaired) electrons. The van der Waals surface area contributed by atoms with E-state index in [1.165, 1.54) is 0 Å². The van der Waals surface area contributed by atoms with E-state index in [0.717, 1.165) is 61.5 Å². The zero-order valence-electron chi connectivity index (χ0n) is 22.4. The monoisotopic (exact) mass is 702 g/mol. The molecule has 0 saturated carbocycles. The molecule has 0 bridgehead atoms. The number of fused-ring (bicyclic) bond motifs is 5. The molecule has 7 aromatic rings. The number of rotatable bonds is 3. The van der Waals surface area contributed by atoms with Crippen LogP contribution in [0.25, 0.3) is 55.9 Å². The van der Waals surface area contributed by atoms with Crippen molar-refractivity contribution in [3.05, 3.63) is 115 Å². The molecule has 1 N–H and O–H groups in total. The first-order valence-electron chi connectivity index (χ1n) is 13.1. The van der Waals surface area contributed by atoms with Crippen molar-refractivity contribution >= 4 is 27.8 Å². The van der Waals surface area contributed by atoms with E-state index < -0.39 is 0 Å². The van der Waals surface area contributed by atoms with Gasteiger partial charge in [-0.1, -0.05) is 68.8 Å². The number of aromatic nitrogens is 4. The SMILES string of the molecule is CC(C)(C)c1ccc(O)c(-c2[c-]c(-c3cccc4c3nc3n(-c5ccccn5)c5ccccc5n43)ccc2)c1.[Pt]. The van der Waals surface area contributed by atoms with Gasteiger partial charge in [-0.2, -0.15) is 0 Å². The summed E-state index contributed by atoms with van der Waals surface area (Å²) in [7, 11) is 0. The number of pyridine rings is 1. The van der Waals surface area contributed by atoms with Crippen LogP contribution in [-0.2, 0) is 26.5 Å². The summed E-state index contributed by atoms with van der Waals surface area (Å²) in [6, 6.07) is 36.0.